The van der Waals surface area contributed by atoms with Crippen molar-refractivity contribution in [3.05, 3.63) is 18.0 Å². The summed E-state index contributed by atoms with van der Waals surface area (Å²) in [7, 11) is -1.60. The Morgan fingerprint density at radius 2 is 2.14 bits per heavy atom. The third-order valence-corrected chi connectivity index (χ3v) is 4.93. The number of hydrogen-bond acceptors (Lipinski definition) is 5. The van der Waals surface area contributed by atoms with Crippen molar-refractivity contribution in [2.75, 3.05) is 18.9 Å². The lowest BCUT2D eigenvalue weighted by molar-refractivity contribution is -0.143. The summed E-state index contributed by atoms with van der Waals surface area (Å²) in [5.74, 6) is -0.414. The topological polar surface area (TPSA) is 81.5 Å². The van der Waals surface area contributed by atoms with E-state index in [0.29, 0.717) is 19.7 Å². The number of rotatable bonds is 9. The van der Waals surface area contributed by atoms with Gasteiger partial charge in [-0.05, 0) is 13.3 Å². The fraction of sp³-hybridized carbons (Fsp3) is 0.692. The fourth-order valence-electron chi connectivity index (χ4n) is 1.93. The number of aromatic nitrogens is 2. The number of carbonyl (C=O) groups excluding carboxylic acids is 1. The van der Waals surface area contributed by atoms with Crippen LogP contribution in [-0.4, -0.2) is 47.4 Å². The Bertz CT molecular complexity index is 554. The Kier molecular flexibility index (Phi) is 6.83. The molecule has 0 aliphatic rings. The monoisotopic (exact) mass is 317 g/mol. The molecule has 0 bridgehead atoms. The van der Waals surface area contributed by atoms with Gasteiger partial charge in [0.15, 0.2) is 0 Å². The molecule has 120 valence electrons. The molecule has 0 fully saturated rings. The van der Waals surface area contributed by atoms with Gasteiger partial charge in [-0.2, -0.15) is 9.40 Å². The summed E-state index contributed by atoms with van der Waals surface area (Å²) >= 11 is 0. The lowest BCUT2D eigenvalue weighted by Crippen LogP contribution is -2.32. The summed E-state index contributed by atoms with van der Waals surface area (Å²) in [6.07, 6.45) is 3.83. The molecule has 0 unspecified atom stereocenters. The van der Waals surface area contributed by atoms with Crippen molar-refractivity contribution in [3.63, 3.8) is 0 Å². The Balaban J connectivity index is 2.55. The van der Waals surface area contributed by atoms with Crippen molar-refractivity contribution in [1.29, 1.82) is 0 Å². The highest BCUT2D eigenvalue weighted by atomic mass is 32.2. The Hall–Kier alpha value is -1.41. The SMILES string of the molecule is CCOC(=O)CCCS(=O)(=O)N(CC)Cc1cnn(C)c1. The molecule has 0 N–H and O–H groups in total. The van der Waals surface area contributed by atoms with Gasteiger partial charge in [0.05, 0.1) is 18.6 Å². The summed E-state index contributed by atoms with van der Waals surface area (Å²) in [6, 6.07) is 0. The van der Waals surface area contributed by atoms with Crippen LogP contribution in [0.25, 0.3) is 0 Å². The van der Waals surface area contributed by atoms with Gasteiger partial charge in [0, 0.05) is 38.3 Å². The minimum absolute atomic E-state index is 0.0556. The van der Waals surface area contributed by atoms with E-state index in [1.807, 2.05) is 0 Å². The van der Waals surface area contributed by atoms with Crippen LogP contribution in [-0.2, 0) is 33.1 Å². The van der Waals surface area contributed by atoms with Crippen LogP contribution in [0.4, 0.5) is 0 Å². The van der Waals surface area contributed by atoms with Crippen LogP contribution in [0.2, 0.25) is 0 Å². The van der Waals surface area contributed by atoms with Gasteiger partial charge >= 0.3 is 5.97 Å². The second-order valence-electron chi connectivity index (χ2n) is 4.67. The molecule has 7 nitrogen and oxygen atoms in total. The molecule has 0 amide bonds. The van der Waals surface area contributed by atoms with Crippen molar-refractivity contribution >= 4 is 16.0 Å². The van der Waals surface area contributed by atoms with Gasteiger partial charge in [0.25, 0.3) is 0 Å². The van der Waals surface area contributed by atoms with Crippen LogP contribution in [0.5, 0.6) is 0 Å². The predicted molar refractivity (Wildman–Crippen MR) is 78.9 cm³/mol. The van der Waals surface area contributed by atoms with E-state index < -0.39 is 10.0 Å². The average Bonchev–Trinajstić information content (AvgIpc) is 2.81. The Labute approximate surface area is 125 Å². The first-order chi connectivity index (χ1) is 9.89. The molecule has 0 saturated heterocycles. The van der Waals surface area contributed by atoms with Crippen LogP contribution in [0, 0.1) is 0 Å². The maximum absolute atomic E-state index is 12.3. The predicted octanol–water partition coefficient (Wildman–Crippen LogP) is 0.915. The number of ether oxygens (including phenoxy) is 1. The van der Waals surface area contributed by atoms with E-state index in [0.717, 1.165) is 5.56 Å². The van der Waals surface area contributed by atoms with Crippen molar-refractivity contribution in [2.45, 2.75) is 33.2 Å². The largest absolute Gasteiger partial charge is 0.466 e. The summed E-state index contributed by atoms with van der Waals surface area (Å²) in [4.78, 5) is 11.2. The molecule has 0 atom stereocenters. The van der Waals surface area contributed by atoms with Crippen LogP contribution < -0.4 is 0 Å². The summed E-state index contributed by atoms with van der Waals surface area (Å²) < 4.78 is 32.3. The van der Waals surface area contributed by atoms with E-state index in [9.17, 15) is 13.2 Å². The first-order valence-corrected chi connectivity index (χ1v) is 8.61. The molecule has 0 aliphatic heterocycles. The number of sulfonamides is 1. The summed E-state index contributed by atoms with van der Waals surface area (Å²) in [5.41, 5.74) is 0.841. The Morgan fingerprint density at radius 3 is 2.67 bits per heavy atom. The van der Waals surface area contributed by atoms with Gasteiger partial charge < -0.3 is 4.74 Å². The highest BCUT2D eigenvalue weighted by Crippen LogP contribution is 2.11. The smallest absolute Gasteiger partial charge is 0.305 e. The van der Waals surface area contributed by atoms with E-state index in [4.69, 9.17) is 4.74 Å². The number of hydrogen-bond donors (Lipinski definition) is 0. The summed E-state index contributed by atoms with van der Waals surface area (Å²) in [5, 5.41) is 4.03. The van der Waals surface area contributed by atoms with Gasteiger partial charge in [-0.25, -0.2) is 8.42 Å². The fourth-order valence-corrected chi connectivity index (χ4v) is 3.43. The van der Waals surface area contributed by atoms with Gasteiger partial charge in [-0.15, -0.1) is 0 Å². The average molecular weight is 317 g/mol. The molecular formula is C13H23N3O4S. The molecule has 1 rings (SSSR count). The van der Waals surface area contributed by atoms with Gasteiger partial charge in [0.2, 0.25) is 10.0 Å². The number of aryl methyl sites for hydroxylation is 1. The molecular weight excluding hydrogens is 294 g/mol. The zero-order valence-electron chi connectivity index (χ0n) is 12.8. The minimum Gasteiger partial charge on any atom is -0.466 e. The van der Waals surface area contributed by atoms with Gasteiger partial charge in [-0.3, -0.25) is 9.48 Å². The maximum atomic E-state index is 12.3. The molecule has 1 aromatic rings. The van der Waals surface area contributed by atoms with Crippen molar-refractivity contribution in [2.24, 2.45) is 7.05 Å². The molecule has 1 aromatic heterocycles. The Morgan fingerprint density at radius 1 is 1.43 bits per heavy atom. The molecule has 0 radical (unpaired) electrons. The normalized spacial score (nSPS) is 11.8. The zero-order valence-corrected chi connectivity index (χ0v) is 13.6. The van der Waals surface area contributed by atoms with Crippen molar-refractivity contribution in [3.8, 4) is 0 Å². The third kappa shape index (κ3) is 5.84. The molecule has 0 saturated carbocycles. The third-order valence-electron chi connectivity index (χ3n) is 2.95. The number of carbonyl (C=O) groups is 1. The highest BCUT2D eigenvalue weighted by Gasteiger charge is 2.21. The second-order valence-corrected chi connectivity index (χ2v) is 6.76. The molecule has 21 heavy (non-hydrogen) atoms. The van der Waals surface area contributed by atoms with E-state index in [2.05, 4.69) is 5.10 Å². The van der Waals surface area contributed by atoms with Gasteiger partial charge in [-0.1, -0.05) is 6.92 Å². The van der Waals surface area contributed by atoms with Crippen molar-refractivity contribution in [1.82, 2.24) is 14.1 Å². The van der Waals surface area contributed by atoms with Crippen LogP contribution in [0.15, 0.2) is 12.4 Å². The van der Waals surface area contributed by atoms with E-state index in [1.165, 1.54) is 4.31 Å². The lowest BCUT2D eigenvalue weighted by atomic mass is 10.3. The van der Waals surface area contributed by atoms with E-state index >= 15 is 0 Å². The lowest BCUT2D eigenvalue weighted by Gasteiger charge is -2.19. The summed E-state index contributed by atoms with van der Waals surface area (Å²) in [6.45, 7) is 4.51. The van der Waals surface area contributed by atoms with Crippen LogP contribution >= 0.6 is 0 Å². The first-order valence-electron chi connectivity index (χ1n) is 7.00. The van der Waals surface area contributed by atoms with Crippen molar-refractivity contribution < 1.29 is 17.9 Å². The molecule has 8 heteroatoms. The van der Waals surface area contributed by atoms with Crippen LogP contribution in [0.1, 0.15) is 32.3 Å². The molecule has 0 aliphatic carbocycles. The maximum Gasteiger partial charge on any atom is 0.305 e. The van der Waals surface area contributed by atoms with E-state index in [-0.39, 0.29) is 24.6 Å². The number of esters is 1. The molecule has 0 aromatic carbocycles. The quantitative estimate of drug-likeness (QED) is 0.632. The second kappa shape index (κ2) is 8.14. The first kappa shape index (κ1) is 17.6. The van der Waals surface area contributed by atoms with Crippen LogP contribution in [0.3, 0.4) is 0 Å². The standard InChI is InChI=1S/C13H23N3O4S/c1-4-16(11-12-9-14-15(3)10-12)21(18,19)8-6-7-13(17)20-5-2/h9-10H,4-8,11H2,1-3H3. The highest BCUT2D eigenvalue weighted by molar-refractivity contribution is 7.89. The molecule has 0 spiro atoms. The zero-order chi connectivity index (χ0) is 15.9. The molecule has 1 heterocycles. The van der Waals surface area contributed by atoms with Gasteiger partial charge in [0.1, 0.15) is 0 Å². The van der Waals surface area contributed by atoms with E-state index in [1.54, 1.807) is 38.0 Å². The number of nitrogens with zero attached hydrogens (tertiary/aromatic N) is 3. The minimum atomic E-state index is -3.38.